The molecule has 5 nitrogen and oxygen atoms in total. The third-order valence-electron chi connectivity index (χ3n) is 4.49. The summed E-state index contributed by atoms with van der Waals surface area (Å²) in [6.07, 6.45) is 4.04. The van der Waals surface area contributed by atoms with E-state index in [1.165, 1.54) is 16.8 Å². The molecule has 0 bridgehead atoms. The molecule has 2 aromatic heterocycles. The predicted octanol–water partition coefficient (Wildman–Crippen LogP) is 3.14. The van der Waals surface area contributed by atoms with Gasteiger partial charge in [-0.25, -0.2) is 9.67 Å². The molecule has 0 amide bonds. The number of pyridine rings is 1. The van der Waals surface area contributed by atoms with Crippen LogP contribution in [0.3, 0.4) is 0 Å². The number of anilines is 1. The number of allylic oxidation sites excluding steroid dienone is 2. The largest absolute Gasteiger partial charge is 0.378 e. The third-order valence-corrected chi connectivity index (χ3v) is 4.49. The van der Waals surface area contributed by atoms with E-state index >= 15 is 0 Å². The smallest absolute Gasteiger partial charge is 0.155 e. The van der Waals surface area contributed by atoms with Crippen molar-refractivity contribution in [3.05, 3.63) is 41.4 Å². The second-order valence-corrected chi connectivity index (χ2v) is 5.93. The fourth-order valence-corrected chi connectivity index (χ4v) is 2.76. The van der Waals surface area contributed by atoms with Crippen molar-refractivity contribution < 1.29 is 4.74 Å². The Hall–Kier alpha value is -2.14. The summed E-state index contributed by atoms with van der Waals surface area (Å²) in [5.74, 6) is 0.866. The van der Waals surface area contributed by atoms with Gasteiger partial charge in [0.15, 0.2) is 5.82 Å². The van der Waals surface area contributed by atoms with Gasteiger partial charge < -0.3 is 9.64 Å². The van der Waals surface area contributed by atoms with E-state index in [2.05, 4.69) is 42.9 Å². The third kappa shape index (κ3) is 3.15. The Labute approximate surface area is 137 Å². The highest BCUT2D eigenvalue weighted by molar-refractivity contribution is 5.61. The summed E-state index contributed by atoms with van der Waals surface area (Å²) in [6.45, 7) is 11.7. The van der Waals surface area contributed by atoms with Gasteiger partial charge in [-0.05, 0) is 44.9 Å². The number of morpholine rings is 1. The lowest BCUT2D eigenvalue weighted by Crippen LogP contribution is -2.36. The topological polar surface area (TPSA) is 43.2 Å². The van der Waals surface area contributed by atoms with Crippen molar-refractivity contribution in [1.29, 1.82) is 0 Å². The maximum atomic E-state index is 5.47. The van der Waals surface area contributed by atoms with Gasteiger partial charge in [0.2, 0.25) is 0 Å². The van der Waals surface area contributed by atoms with Crippen LogP contribution in [0.2, 0.25) is 0 Å². The van der Waals surface area contributed by atoms with Gasteiger partial charge in [-0.15, -0.1) is 0 Å². The fraction of sp³-hybridized carbons (Fsp3) is 0.444. The molecular weight excluding hydrogens is 288 g/mol. The van der Waals surface area contributed by atoms with E-state index in [0.717, 1.165) is 43.5 Å². The van der Waals surface area contributed by atoms with Crippen molar-refractivity contribution in [3.8, 4) is 5.82 Å². The lowest BCUT2D eigenvalue weighted by Gasteiger charge is -2.30. The van der Waals surface area contributed by atoms with Crippen LogP contribution >= 0.6 is 0 Å². The summed E-state index contributed by atoms with van der Waals surface area (Å²) in [5.41, 5.74) is 5.66. The molecule has 0 unspecified atom stereocenters. The first-order valence-electron chi connectivity index (χ1n) is 8.10. The average Bonchev–Trinajstić information content (AvgIpc) is 3.07. The minimum absolute atomic E-state index is 0.780. The SMILES string of the molecule is C/C=C(\C)c1ccn(-c2cc(N3CCOCC3)c(C)c(C)n2)n1. The van der Waals surface area contributed by atoms with Crippen molar-refractivity contribution in [2.45, 2.75) is 27.7 Å². The second kappa shape index (κ2) is 6.54. The molecule has 0 radical (unpaired) electrons. The van der Waals surface area contributed by atoms with Crippen LogP contribution in [0, 0.1) is 13.8 Å². The Morgan fingerprint density at radius 1 is 1.26 bits per heavy atom. The highest BCUT2D eigenvalue weighted by Gasteiger charge is 2.17. The minimum Gasteiger partial charge on any atom is -0.378 e. The fourth-order valence-electron chi connectivity index (χ4n) is 2.76. The number of ether oxygens (including phenoxy) is 1. The maximum absolute atomic E-state index is 5.47. The van der Waals surface area contributed by atoms with E-state index in [-0.39, 0.29) is 0 Å². The van der Waals surface area contributed by atoms with E-state index in [1.54, 1.807) is 0 Å². The van der Waals surface area contributed by atoms with Gasteiger partial charge in [0.25, 0.3) is 0 Å². The summed E-state index contributed by atoms with van der Waals surface area (Å²) in [4.78, 5) is 7.09. The lowest BCUT2D eigenvalue weighted by atomic mass is 10.1. The van der Waals surface area contributed by atoms with E-state index in [9.17, 15) is 0 Å². The zero-order valence-corrected chi connectivity index (χ0v) is 14.3. The van der Waals surface area contributed by atoms with E-state index < -0.39 is 0 Å². The first kappa shape index (κ1) is 15.7. The molecule has 1 fully saturated rings. The molecule has 1 aliphatic rings. The summed E-state index contributed by atoms with van der Waals surface area (Å²) in [7, 11) is 0. The van der Waals surface area contributed by atoms with Crippen LogP contribution in [0.15, 0.2) is 24.4 Å². The molecule has 0 aliphatic carbocycles. The van der Waals surface area contributed by atoms with Crippen molar-refractivity contribution >= 4 is 11.3 Å². The Bertz CT molecular complexity index is 727. The van der Waals surface area contributed by atoms with Crippen molar-refractivity contribution in [3.63, 3.8) is 0 Å². The van der Waals surface area contributed by atoms with Crippen molar-refractivity contribution in [2.75, 3.05) is 31.2 Å². The van der Waals surface area contributed by atoms with Crippen molar-refractivity contribution in [2.24, 2.45) is 0 Å². The summed E-state index contributed by atoms with van der Waals surface area (Å²) >= 11 is 0. The zero-order chi connectivity index (χ0) is 16.4. The molecular formula is C18H24N4O. The first-order chi connectivity index (χ1) is 11.1. The first-order valence-corrected chi connectivity index (χ1v) is 8.10. The molecule has 23 heavy (non-hydrogen) atoms. The average molecular weight is 312 g/mol. The van der Waals surface area contributed by atoms with E-state index in [0.29, 0.717) is 0 Å². The highest BCUT2D eigenvalue weighted by Crippen LogP contribution is 2.25. The minimum atomic E-state index is 0.780. The van der Waals surface area contributed by atoms with Crippen LogP contribution in [-0.4, -0.2) is 41.1 Å². The quantitative estimate of drug-likeness (QED) is 0.873. The van der Waals surface area contributed by atoms with Gasteiger partial charge in [-0.2, -0.15) is 5.10 Å². The second-order valence-electron chi connectivity index (χ2n) is 5.93. The Kier molecular flexibility index (Phi) is 4.48. The number of aromatic nitrogens is 3. The predicted molar refractivity (Wildman–Crippen MR) is 93.2 cm³/mol. The van der Waals surface area contributed by atoms with Crippen LogP contribution in [0.4, 0.5) is 5.69 Å². The highest BCUT2D eigenvalue weighted by atomic mass is 16.5. The molecule has 3 rings (SSSR count). The molecule has 0 spiro atoms. The number of hydrogen-bond donors (Lipinski definition) is 0. The van der Waals surface area contributed by atoms with Crippen LogP contribution in [0.1, 0.15) is 30.8 Å². The molecule has 0 aromatic carbocycles. The van der Waals surface area contributed by atoms with Crippen LogP contribution in [-0.2, 0) is 4.74 Å². The van der Waals surface area contributed by atoms with Crippen LogP contribution in [0.5, 0.6) is 0 Å². The number of rotatable bonds is 3. The summed E-state index contributed by atoms with van der Waals surface area (Å²) in [5, 5.41) is 4.65. The summed E-state index contributed by atoms with van der Waals surface area (Å²) < 4.78 is 7.33. The molecule has 2 aromatic rings. The van der Waals surface area contributed by atoms with E-state index in [4.69, 9.17) is 9.72 Å². The molecule has 1 saturated heterocycles. The van der Waals surface area contributed by atoms with Crippen LogP contribution in [0.25, 0.3) is 11.4 Å². The molecule has 0 atom stereocenters. The van der Waals surface area contributed by atoms with Gasteiger partial charge in [0.05, 0.1) is 18.9 Å². The van der Waals surface area contributed by atoms with Gasteiger partial charge in [-0.1, -0.05) is 6.08 Å². The maximum Gasteiger partial charge on any atom is 0.155 e. The lowest BCUT2D eigenvalue weighted by molar-refractivity contribution is 0.122. The molecule has 5 heteroatoms. The molecule has 1 aliphatic heterocycles. The van der Waals surface area contributed by atoms with Gasteiger partial charge in [-0.3, -0.25) is 0 Å². The van der Waals surface area contributed by atoms with Gasteiger partial charge in [0, 0.05) is 36.7 Å². The Morgan fingerprint density at radius 2 is 2.00 bits per heavy atom. The molecule has 0 saturated carbocycles. The molecule has 0 N–H and O–H groups in total. The van der Waals surface area contributed by atoms with Crippen LogP contribution < -0.4 is 4.90 Å². The Balaban J connectivity index is 1.99. The van der Waals surface area contributed by atoms with Gasteiger partial charge in [0.1, 0.15) is 0 Å². The number of hydrogen-bond acceptors (Lipinski definition) is 4. The normalized spacial score (nSPS) is 16.0. The number of aryl methyl sites for hydroxylation is 1. The Morgan fingerprint density at radius 3 is 2.70 bits per heavy atom. The number of nitrogens with zero attached hydrogens (tertiary/aromatic N) is 4. The molecule has 122 valence electrons. The zero-order valence-electron chi connectivity index (χ0n) is 14.3. The van der Waals surface area contributed by atoms with Gasteiger partial charge >= 0.3 is 0 Å². The standard InChI is InChI=1S/C18H24N4O/c1-5-13(2)16-6-7-22(20-16)18-12-17(14(3)15(4)19-18)21-8-10-23-11-9-21/h5-7,12H,8-11H2,1-4H3/b13-5+. The summed E-state index contributed by atoms with van der Waals surface area (Å²) in [6, 6.07) is 4.16. The van der Waals surface area contributed by atoms with Crippen molar-refractivity contribution in [1.82, 2.24) is 14.8 Å². The monoisotopic (exact) mass is 312 g/mol. The van der Waals surface area contributed by atoms with E-state index in [1.807, 2.05) is 23.9 Å². The molecule has 3 heterocycles.